The lowest BCUT2D eigenvalue weighted by Crippen LogP contribution is -2.46. The van der Waals surface area contributed by atoms with Crippen LogP contribution in [0.1, 0.15) is 0 Å². The van der Waals surface area contributed by atoms with Gasteiger partial charge in [-0.1, -0.05) is 30.3 Å². The number of fused-ring (bicyclic) bond motifs is 1. The maximum Gasteiger partial charge on any atom is 0.567 e. The minimum Gasteiger partial charge on any atom is -0.195 e. The van der Waals surface area contributed by atoms with Gasteiger partial charge in [0.05, 0.1) is 0 Å². The van der Waals surface area contributed by atoms with Crippen molar-refractivity contribution in [1.29, 1.82) is 0 Å². The molecule has 0 amide bonds. The van der Waals surface area contributed by atoms with Crippen molar-refractivity contribution in [3.8, 4) is 5.69 Å². The van der Waals surface area contributed by atoms with E-state index in [1.54, 1.807) is 42.5 Å². The van der Waals surface area contributed by atoms with Gasteiger partial charge in [0.2, 0.25) is 0 Å². The van der Waals surface area contributed by atoms with Crippen molar-refractivity contribution in [1.82, 2.24) is 4.57 Å². The fourth-order valence-corrected chi connectivity index (χ4v) is 2.11. The summed E-state index contributed by atoms with van der Waals surface area (Å²) in [5.74, 6) is 0. The first-order valence-electron chi connectivity index (χ1n) is 5.72. The average molecular weight is 263 g/mol. The zero-order valence-electron chi connectivity index (χ0n) is 9.80. The smallest absolute Gasteiger partial charge is 0.195 e. The largest absolute Gasteiger partial charge is 0.567 e. The predicted octanol–water partition coefficient (Wildman–Crippen LogP) is 3.39. The Morgan fingerprint density at radius 3 is 2.16 bits per heavy atom. The standard InChI is InChI=1S/C14H10F3N2/c15-14(16,17)19-10-18(11-6-2-1-3-7-11)12-8-4-5-9-13(12)19/h1-10H/q+1. The first-order valence-corrected chi connectivity index (χ1v) is 5.72. The van der Waals surface area contributed by atoms with Gasteiger partial charge in [0.15, 0.2) is 11.0 Å². The Labute approximate surface area is 107 Å². The molecule has 0 saturated heterocycles. The summed E-state index contributed by atoms with van der Waals surface area (Å²) in [6.07, 6.45) is -3.36. The van der Waals surface area contributed by atoms with Gasteiger partial charge in [0.1, 0.15) is 5.69 Å². The van der Waals surface area contributed by atoms with Crippen LogP contribution in [-0.4, -0.2) is 4.57 Å². The number of hydrogen-bond donors (Lipinski definition) is 0. The van der Waals surface area contributed by atoms with Gasteiger partial charge in [-0.2, -0.15) is 4.57 Å². The zero-order valence-corrected chi connectivity index (χ0v) is 9.80. The second-order valence-electron chi connectivity index (χ2n) is 4.15. The van der Waals surface area contributed by atoms with Crippen molar-refractivity contribution < 1.29 is 17.7 Å². The molecule has 3 rings (SSSR count). The molecule has 2 nitrogen and oxygen atoms in total. The zero-order chi connectivity index (χ0) is 13.5. The number of para-hydroxylation sites is 3. The van der Waals surface area contributed by atoms with Gasteiger partial charge < -0.3 is 0 Å². The summed E-state index contributed by atoms with van der Waals surface area (Å²) in [4.78, 5) is 0. The number of nitrogens with zero attached hydrogens (tertiary/aromatic N) is 2. The van der Waals surface area contributed by atoms with Gasteiger partial charge in [0, 0.05) is 0 Å². The molecule has 2 aromatic carbocycles. The van der Waals surface area contributed by atoms with E-state index < -0.39 is 6.30 Å². The van der Waals surface area contributed by atoms with Crippen LogP contribution >= 0.6 is 0 Å². The summed E-state index contributed by atoms with van der Waals surface area (Å²) in [6.45, 7) is 0. The van der Waals surface area contributed by atoms with E-state index in [1.807, 2.05) is 6.07 Å². The SMILES string of the molecule is FC(F)(F)[n+]1cn(-c2ccccc2)c2ccccc21. The topological polar surface area (TPSA) is 8.81 Å². The molecule has 0 bridgehead atoms. The van der Waals surface area contributed by atoms with Crippen molar-refractivity contribution in [2.45, 2.75) is 6.30 Å². The molecule has 0 N–H and O–H groups in total. The quantitative estimate of drug-likeness (QED) is 0.595. The van der Waals surface area contributed by atoms with Crippen LogP contribution in [-0.2, 0) is 6.30 Å². The fourth-order valence-electron chi connectivity index (χ4n) is 2.11. The number of benzene rings is 2. The van der Waals surface area contributed by atoms with Crippen molar-refractivity contribution in [2.24, 2.45) is 0 Å². The Morgan fingerprint density at radius 1 is 0.842 bits per heavy atom. The molecule has 0 spiro atoms. The first-order chi connectivity index (χ1) is 9.07. The van der Waals surface area contributed by atoms with Gasteiger partial charge in [-0.3, -0.25) is 0 Å². The molecule has 0 atom stereocenters. The van der Waals surface area contributed by atoms with Crippen LogP contribution < -0.4 is 4.57 Å². The summed E-state index contributed by atoms with van der Waals surface area (Å²) in [5.41, 5.74) is 1.35. The van der Waals surface area contributed by atoms with E-state index in [0.717, 1.165) is 6.33 Å². The minimum absolute atomic E-state index is 0.138. The molecule has 0 radical (unpaired) electrons. The van der Waals surface area contributed by atoms with Gasteiger partial charge in [-0.05, 0) is 24.3 Å². The highest BCUT2D eigenvalue weighted by atomic mass is 19.4. The van der Waals surface area contributed by atoms with Gasteiger partial charge >= 0.3 is 6.30 Å². The highest BCUT2D eigenvalue weighted by Gasteiger charge is 2.40. The molecule has 0 aliphatic rings. The van der Waals surface area contributed by atoms with Gasteiger partial charge in [-0.25, -0.2) is 0 Å². The molecule has 0 saturated carbocycles. The second-order valence-corrected chi connectivity index (χ2v) is 4.15. The number of imidazole rings is 1. The lowest BCUT2D eigenvalue weighted by Gasteiger charge is -1.99. The third-order valence-corrected chi connectivity index (χ3v) is 2.94. The van der Waals surface area contributed by atoms with Crippen LogP contribution in [0, 0.1) is 0 Å². The van der Waals surface area contributed by atoms with E-state index in [1.165, 1.54) is 10.6 Å². The van der Waals surface area contributed by atoms with E-state index >= 15 is 0 Å². The molecule has 1 heterocycles. The molecule has 0 unspecified atom stereocenters. The van der Waals surface area contributed by atoms with Crippen LogP contribution in [0.2, 0.25) is 0 Å². The summed E-state index contributed by atoms with van der Waals surface area (Å²) in [7, 11) is 0. The number of alkyl halides is 3. The van der Waals surface area contributed by atoms with Crippen molar-refractivity contribution >= 4 is 11.0 Å². The minimum atomic E-state index is -4.43. The Hall–Kier alpha value is -2.30. The predicted molar refractivity (Wildman–Crippen MR) is 64.8 cm³/mol. The van der Waals surface area contributed by atoms with Crippen molar-refractivity contribution in [3.05, 3.63) is 60.9 Å². The molecular weight excluding hydrogens is 253 g/mol. The van der Waals surface area contributed by atoms with Crippen LogP contribution in [0.25, 0.3) is 16.7 Å². The van der Waals surface area contributed by atoms with Crippen LogP contribution in [0.3, 0.4) is 0 Å². The third-order valence-electron chi connectivity index (χ3n) is 2.94. The summed E-state index contributed by atoms with van der Waals surface area (Å²) >= 11 is 0. The van der Waals surface area contributed by atoms with Crippen LogP contribution in [0.15, 0.2) is 60.9 Å². The molecule has 0 fully saturated rings. The van der Waals surface area contributed by atoms with E-state index in [-0.39, 0.29) is 5.52 Å². The highest BCUT2D eigenvalue weighted by Crippen LogP contribution is 2.22. The lowest BCUT2D eigenvalue weighted by molar-refractivity contribution is -0.836. The maximum absolute atomic E-state index is 13.0. The first kappa shape index (κ1) is 11.8. The third kappa shape index (κ3) is 1.97. The normalized spacial score (nSPS) is 11.9. The van der Waals surface area contributed by atoms with E-state index in [0.29, 0.717) is 15.8 Å². The van der Waals surface area contributed by atoms with Gasteiger partial charge in [0.25, 0.3) is 6.33 Å². The molecular formula is C14H10F3N2+. The van der Waals surface area contributed by atoms with E-state index in [4.69, 9.17) is 0 Å². The number of aromatic nitrogens is 2. The Morgan fingerprint density at radius 2 is 1.47 bits per heavy atom. The molecule has 0 aliphatic heterocycles. The van der Waals surface area contributed by atoms with E-state index in [2.05, 4.69) is 0 Å². The molecule has 19 heavy (non-hydrogen) atoms. The fraction of sp³-hybridized carbons (Fsp3) is 0.0714. The Bertz CT molecular complexity index is 714. The van der Waals surface area contributed by atoms with Gasteiger partial charge in [-0.15, -0.1) is 17.7 Å². The average Bonchev–Trinajstić information content (AvgIpc) is 2.79. The van der Waals surface area contributed by atoms with Crippen molar-refractivity contribution in [2.75, 3.05) is 0 Å². The van der Waals surface area contributed by atoms with Crippen molar-refractivity contribution in [3.63, 3.8) is 0 Å². The van der Waals surface area contributed by atoms with Crippen LogP contribution in [0.5, 0.6) is 0 Å². The summed E-state index contributed by atoms with van der Waals surface area (Å²) in [5, 5.41) is 0. The maximum atomic E-state index is 13.0. The molecule has 1 aromatic heterocycles. The monoisotopic (exact) mass is 263 g/mol. The lowest BCUT2D eigenvalue weighted by atomic mass is 10.3. The Balaban J connectivity index is 2.33. The number of halogens is 3. The molecule has 0 aliphatic carbocycles. The molecule has 96 valence electrons. The number of rotatable bonds is 1. The molecule has 5 heteroatoms. The van der Waals surface area contributed by atoms with E-state index in [9.17, 15) is 13.2 Å². The summed E-state index contributed by atoms with van der Waals surface area (Å²) in [6, 6.07) is 15.4. The number of hydrogen-bond acceptors (Lipinski definition) is 0. The highest BCUT2D eigenvalue weighted by molar-refractivity contribution is 5.74. The van der Waals surface area contributed by atoms with Crippen LogP contribution in [0.4, 0.5) is 13.2 Å². The molecule has 3 aromatic rings. The summed E-state index contributed by atoms with van der Waals surface area (Å²) < 4.78 is 40.8. The second kappa shape index (κ2) is 4.12. The Kier molecular flexibility index (Phi) is 2.55.